The molecule has 0 aromatic heterocycles. The van der Waals surface area contributed by atoms with Gasteiger partial charge in [0.05, 0.1) is 34.4 Å². The quantitative estimate of drug-likeness (QED) is 0.0211. The maximum Gasteiger partial charge on any atom is 0.361 e. The first-order valence-corrected chi connectivity index (χ1v) is 41.1. The number of carbonyl (C=O) groups excluding carboxylic acids is 2. The van der Waals surface area contributed by atoms with Gasteiger partial charge in [-0.1, -0.05) is 395 Å². The Hall–Kier alpha value is -3.27. The molecule has 9 heteroatoms. The predicted molar refractivity (Wildman–Crippen MR) is 410 cm³/mol. The highest BCUT2D eigenvalue weighted by molar-refractivity contribution is 5.71. The van der Waals surface area contributed by atoms with E-state index < -0.39 is 18.4 Å². The third-order valence-corrected chi connectivity index (χ3v) is 18.5. The summed E-state index contributed by atoms with van der Waals surface area (Å²) in [6.07, 6.45) is 101. The van der Waals surface area contributed by atoms with Gasteiger partial charge in [0.1, 0.15) is 13.2 Å². The lowest BCUT2D eigenvalue weighted by atomic mass is 10.0. The average molecular weight is 1330 g/mol. The molecule has 0 heterocycles. The van der Waals surface area contributed by atoms with Crippen molar-refractivity contribution in [1.82, 2.24) is 0 Å². The largest absolute Gasteiger partial charge is 0.477 e. The van der Waals surface area contributed by atoms with Gasteiger partial charge < -0.3 is 28.5 Å². The molecule has 0 aromatic carbocycles. The molecule has 0 rings (SSSR count). The van der Waals surface area contributed by atoms with Gasteiger partial charge >= 0.3 is 17.9 Å². The van der Waals surface area contributed by atoms with Gasteiger partial charge in [0.25, 0.3) is 6.29 Å². The number of carboxylic acid groups (broad SMARTS) is 1. The van der Waals surface area contributed by atoms with Crippen LogP contribution < -0.4 is 0 Å². The summed E-state index contributed by atoms with van der Waals surface area (Å²) < 4.78 is 23.1. The van der Waals surface area contributed by atoms with E-state index in [-0.39, 0.29) is 38.2 Å². The van der Waals surface area contributed by atoms with Crippen LogP contribution in [0.1, 0.15) is 399 Å². The molecule has 0 aliphatic rings. The van der Waals surface area contributed by atoms with E-state index in [4.69, 9.17) is 18.9 Å². The number of carboxylic acids is 1. The van der Waals surface area contributed by atoms with Crippen LogP contribution in [0.3, 0.4) is 0 Å². The topological polar surface area (TPSA) is 108 Å². The first-order chi connectivity index (χ1) is 46.6. The molecular formula is C86H158NO8+. The van der Waals surface area contributed by atoms with Gasteiger partial charge in [0, 0.05) is 12.8 Å². The van der Waals surface area contributed by atoms with Crippen molar-refractivity contribution in [3.63, 3.8) is 0 Å². The molecule has 9 nitrogen and oxygen atoms in total. The van der Waals surface area contributed by atoms with Crippen LogP contribution in [-0.4, -0.2) is 87.4 Å². The molecule has 0 saturated carbocycles. The Morgan fingerprint density at radius 1 is 0.326 bits per heavy atom. The lowest BCUT2D eigenvalue weighted by Gasteiger charge is -2.25. The molecular weight excluding hydrogens is 1170 g/mol. The zero-order valence-corrected chi connectivity index (χ0v) is 63.6. The van der Waals surface area contributed by atoms with E-state index in [0.717, 1.165) is 77.0 Å². The Morgan fingerprint density at radius 3 is 0.895 bits per heavy atom. The van der Waals surface area contributed by atoms with Crippen molar-refractivity contribution in [2.45, 2.75) is 411 Å². The van der Waals surface area contributed by atoms with Gasteiger partial charge in [0.15, 0.2) is 6.10 Å². The van der Waals surface area contributed by atoms with E-state index in [1.165, 1.54) is 295 Å². The van der Waals surface area contributed by atoms with E-state index in [9.17, 15) is 19.5 Å². The van der Waals surface area contributed by atoms with Crippen molar-refractivity contribution in [3.8, 4) is 0 Å². The first-order valence-electron chi connectivity index (χ1n) is 41.1. The highest BCUT2D eigenvalue weighted by atomic mass is 16.7. The standard InChI is InChI=1S/C86H157NO8/c1-6-8-10-12-14-16-18-20-22-24-26-28-30-32-34-36-38-40-42-44-46-48-50-52-54-56-58-60-62-64-66-68-70-72-74-76-83(88)93-80-82(81-94-86(85(90)91)92-79-78-87(3,4)5)95-84(89)77-75-73-71-69-67-65-63-61-59-57-55-53-51-49-47-45-43-41-39-37-35-33-31-29-27-25-23-21-19-17-15-13-11-9-7-2/h9,11,15,17,21,23,27,29,33,35,39,41,82,86H,6-8,10,12-14,16,18-20,22,24-26,28,30-32,34,36-38,40,42-81H2,1-5H3/p+1/b11-9-,17-15-,23-21-,29-27-,35-33-,41-39-. The third kappa shape index (κ3) is 77.9. The number of aliphatic carboxylic acids is 1. The molecule has 0 aliphatic heterocycles. The number of hydrogen-bond acceptors (Lipinski definition) is 7. The zero-order chi connectivity index (χ0) is 69.0. The van der Waals surface area contributed by atoms with Crippen LogP contribution in [0.2, 0.25) is 0 Å². The van der Waals surface area contributed by atoms with E-state index in [2.05, 4.69) is 86.8 Å². The average Bonchev–Trinajstić information content (AvgIpc) is 3.58. The molecule has 0 aliphatic carbocycles. The van der Waals surface area contributed by atoms with Crippen molar-refractivity contribution in [1.29, 1.82) is 0 Å². The SMILES string of the molecule is CC/C=C\C/C=C\C/C=C\C/C=C\C/C=C\C/C=C\CCCCCCCCCCCCCCCCCCC(=O)OC(COC(=O)CCCCCCCCCCCCCCCCCCCCCCCCCCCCCCCCCCCCC)COC(OCC[N+](C)(C)C)C(=O)O. The summed E-state index contributed by atoms with van der Waals surface area (Å²) in [4.78, 5) is 37.8. The fourth-order valence-corrected chi connectivity index (χ4v) is 12.3. The number of hydrogen-bond donors (Lipinski definition) is 1. The van der Waals surface area contributed by atoms with Crippen LogP contribution in [-0.2, 0) is 33.3 Å². The summed E-state index contributed by atoms with van der Waals surface area (Å²) in [5.74, 6) is -1.98. The van der Waals surface area contributed by atoms with Crippen LogP contribution >= 0.6 is 0 Å². The number of carbonyl (C=O) groups is 3. The molecule has 95 heavy (non-hydrogen) atoms. The highest BCUT2D eigenvalue weighted by Crippen LogP contribution is 2.20. The summed E-state index contributed by atoms with van der Waals surface area (Å²) in [5.41, 5.74) is 0. The molecule has 0 spiro atoms. The maximum absolute atomic E-state index is 13.0. The van der Waals surface area contributed by atoms with Gasteiger partial charge in [-0.25, -0.2) is 4.79 Å². The summed E-state index contributed by atoms with van der Waals surface area (Å²) in [6, 6.07) is 0. The lowest BCUT2D eigenvalue weighted by molar-refractivity contribution is -0.870. The second-order valence-corrected chi connectivity index (χ2v) is 29.1. The number of rotatable bonds is 77. The maximum atomic E-state index is 13.0. The minimum absolute atomic E-state index is 0.178. The van der Waals surface area contributed by atoms with Crippen LogP contribution in [0.25, 0.3) is 0 Å². The molecule has 0 fully saturated rings. The Kier molecular flexibility index (Phi) is 73.9. The Morgan fingerprint density at radius 2 is 0.600 bits per heavy atom. The molecule has 2 unspecified atom stereocenters. The Bertz CT molecular complexity index is 1790. The Labute approximate surface area is 589 Å². The second-order valence-electron chi connectivity index (χ2n) is 29.1. The first kappa shape index (κ1) is 91.7. The molecule has 1 N–H and O–H groups in total. The molecule has 0 aromatic rings. The van der Waals surface area contributed by atoms with E-state index in [0.29, 0.717) is 17.4 Å². The Balaban J connectivity index is 3.98. The van der Waals surface area contributed by atoms with Crippen molar-refractivity contribution in [2.24, 2.45) is 0 Å². The molecule has 2 atom stereocenters. The molecule has 0 radical (unpaired) electrons. The normalized spacial score (nSPS) is 13.0. The van der Waals surface area contributed by atoms with Crippen molar-refractivity contribution < 1.29 is 42.9 Å². The minimum atomic E-state index is -1.51. The summed E-state index contributed by atoms with van der Waals surface area (Å²) in [6.45, 7) is 4.83. The summed E-state index contributed by atoms with van der Waals surface area (Å²) in [5, 5.41) is 9.78. The molecule has 0 bridgehead atoms. The van der Waals surface area contributed by atoms with E-state index >= 15 is 0 Å². The third-order valence-electron chi connectivity index (χ3n) is 18.5. The van der Waals surface area contributed by atoms with E-state index in [1.54, 1.807) is 0 Å². The molecule has 554 valence electrons. The fourth-order valence-electron chi connectivity index (χ4n) is 12.3. The van der Waals surface area contributed by atoms with Gasteiger partial charge in [-0.2, -0.15) is 0 Å². The van der Waals surface area contributed by atoms with Crippen LogP contribution in [0.15, 0.2) is 72.9 Å². The predicted octanol–water partition coefficient (Wildman–Crippen LogP) is 26.4. The fraction of sp³-hybridized carbons (Fsp3) is 0.826. The molecule has 0 amide bonds. The summed E-state index contributed by atoms with van der Waals surface area (Å²) >= 11 is 0. The lowest BCUT2D eigenvalue weighted by Crippen LogP contribution is -2.40. The van der Waals surface area contributed by atoms with Crippen LogP contribution in [0.5, 0.6) is 0 Å². The van der Waals surface area contributed by atoms with Gasteiger partial charge in [-0.3, -0.25) is 9.59 Å². The zero-order valence-electron chi connectivity index (χ0n) is 63.6. The van der Waals surface area contributed by atoms with Crippen LogP contribution in [0.4, 0.5) is 0 Å². The number of likely N-dealkylation sites (N-methyl/N-ethyl adjacent to an activating group) is 1. The van der Waals surface area contributed by atoms with Gasteiger partial charge in [0.2, 0.25) is 0 Å². The number of nitrogens with zero attached hydrogens (tertiary/aromatic N) is 1. The number of esters is 2. The number of ether oxygens (including phenoxy) is 4. The second kappa shape index (κ2) is 76.5. The molecule has 0 saturated heterocycles. The van der Waals surface area contributed by atoms with Gasteiger partial charge in [-0.15, -0.1) is 0 Å². The monoisotopic (exact) mass is 1330 g/mol. The number of unbranched alkanes of at least 4 members (excludes halogenated alkanes) is 50. The number of allylic oxidation sites excluding steroid dienone is 12. The smallest absolute Gasteiger partial charge is 0.361 e. The van der Waals surface area contributed by atoms with Crippen molar-refractivity contribution in [2.75, 3.05) is 47.5 Å². The van der Waals surface area contributed by atoms with Crippen molar-refractivity contribution >= 4 is 17.9 Å². The van der Waals surface area contributed by atoms with E-state index in [1.807, 2.05) is 21.1 Å². The van der Waals surface area contributed by atoms with Gasteiger partial charge in [-0.05, 0) is 64.2 Å². The van der Waals surface area contributed by atoms with Crippen LogP contribution in [0, 0.1) is 0 Å². The number of quaternary nitrogens is 1. The highest BCUT2D eigenvalue weighted by Gasteiger charge is 2.25. The summed E-state index contributed by atoms with van der Waals surface area (Å²) in [7, 11) is 6.00. The minimum Gasteiger partial charge on any atom is -0.477 e. The van der Waals surface area contributed by atoms with Crippen molar-refractivity contribution in [3.05, 3.63) is 72.9 Å².